The minimum atomic E-state index is 0.0136. The molecule has 2 unspecified atom stereocenters. The molecule has 2 rings (SSSR count). The molecule has 0 saturated carbocycles. The molecule has 0 spiro atoms. The summed E-state index contributed by atoms with van der Waals surface area (Å²) in [5.41, 5.74) is 0. The van der Waals surface area contributed by atoms with E-state index in [4.69, 9.17) is 4.74 Å². The highest BCUT2D eigenvalue weighted by atomic mass is 16.5. The lowest BCUT2D eigenvalue weighted by Crippen LogP contribution is -2.25. The molecule has 2 atom stereocenters. The molecule has 2 heteroatoms. The van der Waals surface area contributed by atoms with Crippen molar-refractivity contribution in [2.24, 2.45) is 5.92 Å². The van der Waals surface area contributed by atoms with Gasteiger partial charge in [0.05, 0.1) is 5.92 Å². The Hall–Kier alpha value is -1.05. The van der Waals surface area contributed by atoms with Crippen LogP contribution >= 0.6 is 0 Å². The van der Waals surface area contributed by atoms with E-state index >= 15 is 0 Å². The molecule has 2 nitrogen and oxygen atoms in total. The second-order valence-electron chi connectivity index (χ2n) is 4.32. The number of allylic oxidation sites excluding steroid dienone is 3. The molecule has 0 aromatic heterocycles. The van der Waals surface area contributed by atoms with Crippen LogP contribution in [0, 0.1) is 5.92 Å². The van der Waals surface area contributed by atoms with E-state index in [9.17, 15) is 4.79 Å². The number of hydrogen-bond acceptors (Lipinski definition) is 2. The quantitative estimate of drug-likeness (QED) is 0.513. The van der Waals surface area contributed by atoms with Crippen LogP contribution in [0.1, 0.15) is 38.5 Å². The molecule has 0 radical (unpaired) electrons. The van der Waals surface area contributed by atoms with Crippen molar-refractivity contribution in [3.63, 3.8) is 0 Å². The van der Waals surface area contributed by atoms with Gasteiger partial charge >= 0.3 is 5.97 Å². The maximum absolute atomic E-state index is 11.8. The maximum atomic E-state index is 11.8. The number of esters is 1. The highest BCUT2D eigenvalue weighted by molar-refractivity contribution is 5.73. The van der Waals surface area contributed by atoms with Gasteiger partial charge in [0, 0.05) is 6.42 Å². The van der Waals surface area contributed by atoms with E-state index in [0.717, 1.165) is 38.5 Å². The molecule has 2 aliphatic rings. The van der Waals surface area contributed by atoms with E-state index in [2.05, 4.69) is 24.3 Å². The fourth-order valence-electron chi connectivity index (χ4n) is 2.14. The summed E-state index contributed by atoms with van der Waals surface area (Å²) >= 11 is 0. The van der Waals surface area contributed by atoms with Crippen molar-refractivity contribution < 1.29 is 9.53 Å². The molecule has 2 aliphatic carbocycles. The number of ether oxygens (including phenoxy) is 1. The van der Waals surface area contributed by atoms with E-state index in [0.29, 0.717) is 0 Å². The Labute approximate surface area is 91.0 Å². The highest BCUT2D eigenvalue weighted by Gasteiger charge is 2.23. The van der Waals surface area contributed by atoms with E-state index in [-0.39, 0.29) is 18.0 Å². The van der Waals surface area contributed by atoms with E-state index < -0.39 is 0 Å². The average Bonchev–Trinajstić information content (AvgIpc) is 2.31. The molecule has 0 aromatic rings. The predicted octanol–water partition coefficient (Wildman–Crippen LogP) is 2.99. The molecular formula is C13H18O2. The third-order valence-electron chi connectivity index (χ3n) is 3.11. The molecule has 0 amide bonds. The SMILES string of the molecule is O=C(OC1CC=CCC1)C1CC=CCC1. The second-order valence-corrected chi connectivity index (χ2v) is 4.32. The molecule has 0 bridgehead atoms. The number of hydrogen-bond donors (Lipinski definition) is 0. The zero-order valence-corrected chi connectivity index (χ0v) is 9.02. The number of rotatable bonds is 2. The molecule has 0 aliphatic heterocycles. The van der Waals surface area contributed by atoms with Gasteiger partial charge in [0.25, 0.3) is 0 Å². The van der Waals surface area contributed by atoms with Gasteiger partial charge in [0.15, 0.2) is 0 Å². The highest BCUT2D eigenvalue weighted by Crippen LogP contribution is 2.22. The molecule has 0 N–H and O–H groups in total. The summed E-state index contributed by atoms with van der Waals surface area (Å²) in [5, 5.41) is 0. The van der Waals surface area contributed by atoms with Crippen molar-refractivity contribution in [2.75, 3.05) is 0 Å². The minimum Gasteiger partial charge on any atom is -0.462 e. The monoisotopic (exact) mass is 206 g/mol. The fourth-order valence-corrected chi connectivity index (χ4v) is 2.14. The van der Waals surface area contributed by atoms with Gasteiger partial charge in [0.1, 0.15) is 6.10 Å². The molecule has 0 fully saturated rings. The lowest BCUT2D eigenvalue weighted by atomic mass is 9.94. The van der Waals surface area contributed by atoms with Crippen molar-refractivity contribution in [2.45, 2.75) is 44.6 Å². The Balaban J connectivity index is 1.80. The fraction of sp³-hybridized carbons (Fsp3) is 0.615. The lowest BCUT2D eigenvalue weighted by molar-refractivity contribution is -0.154. The van der Waals surface area contributed by atoms with Crippen LogP contribution in [0.2, 0.25) is 0 Å². The lowest BCUT2D eigenvalue weighted by Gasteiger charge is -2.22. The first kappa shape index (κ1) is 10.5. The summed E-state index contributed by atoms with van der Waals surface area (Å²) in [6, 6.07) is 0. The van der Waals surface area contributed by atoms with E-state index in [1.807, 2.05) is 0 Å². The van der Waals surface area contributed by atoms with Gasteiger partial charge in [-0.15, -0.1) is 0 Å². The normalized spacial score (nSPS) is 30.1. The third-order valence-corrected chi connectivity index (χ3v) is 3.11. The molecule has 0 saturated heterocycles. The first-order chi connectivity index (χ1) is 7.36. The number of carbonyl (C=O) groups is 1. The van der Waals surface area contributed by atoms with Gasteiger partial charge in [-0.25, -0.2) is 0 Å². The van der Waals surface area contributed by atoms with Gasteiger partial charge in [-0.3, -0.25) is 4.79 Å². The molecule has 82 valence electrons. The van der Waals surface area contributed by atoms with Crippen molar-refractivity contribution >= 4 is 5.97 Å². The largest absolute Gasteiger partial charge is 0.462 e. The van der Waals surface area contributed by atoms with Gasteiger partial charge in [-0.1, -0.05) is 24.3 Å². The van der Waals surface area contributed by atoms with Crippen LogP contribution in [-0.2, 0) is 9.53 Å². The molecular weight excluding hydrogens is 188 g/mol. The van der Waals surface area contributed by atoms with Gasteiger partial charge in [0.2, 0.25) is 0 Å². The summed E-state index contributed by atoms with van der Waals surface area (Å²) in [5.74, 6) is 0.126. The van der Waals surface area contributed by atoms with Crippen LogP contribution in [-0.4, -0.2) is 12.1 Å². The molecule has 0 aromatic carbocycles. The molecule has 15 heavy (non-hydrogen) atoms. The van der Waals surface area contributed by atoms with Crippen LogP contribution in [0.5, 0.6) is 0 Å². The first-order valence-electron chi connectivity index (χ1n) is 5.87. The maximum Gasteiger partial charge on any atom is 0.309 e. The van der Waals surface area contributed by atoms with Crippen molar-refractivity contribution in [3.8, 4) is 0 Å². The smallest absolute Gasteiger partial charge is 0.309 e. The van der Waals surface area contributed by atoms with Crippen LogP contribution in [0.15, 0.2) is 24.3 Å². The first-order valence-corrected chi connectivity index (χ1v) is 5.87. The van der Waals surface area contributed by atoms with Gasteiger partial charge in [-0.05, 0) is 32.1 Å². The Morgan fingerprint density at radius 1 is 1.00 bits per heavy atom. The Morgan fingerprint density at radius 3 is 2.33 bits per heavy atom. The standard InChI is InChI=1S/C13H18O2/c14-13(11-7-3-1-4-8-11)15-12-9-5-2-6-10-12/h1-3,5,11-12H,4,6-10H2. The zero-order chi connectivity index (χ0) is 10.5. The summed E-state index contributed by atoms with van der Waals surface area (Å²) in [6.07, 6.45) is 14.4. The Kier molecular flexibility index (Phi) is 3.59. The summed E-state index contributed by atoms with van der Waals surface area (Å²) in [7, 11) is 0. The van der Waals surface area contributed by atoms with Crippen LogP contribution in [0.25, 0.3) is 0 Å². The van der Waals surface area contributed by atoms with E-state index in [1.54, 1.807) is 0 Å². The average molecular weight is 206 g/mol. The van der Waals surface area contributed by atoms with Crippen LogP contribution < -0.4 is 0 Å². The number of carbonyl (C=O) groups excluding carboxylic acids is 1. The van der Waals surface area contributed by atoms with Crippen molar-refractivity contribution in [3.05, 3.63) is 24.3 Å². The summed E-state index contributed by atoms with van der Waals surface area (Å²) in [4.78, 5) is 11.8. The predicted molar refractivity (Wildman–Crippen MR) is 59.4 cm³/mol. The third kappa shape index (κ3) is 2.95. The Bertz CT molecular complexity index is 278. The van der Waals surface area contributed by atoms with Gasteiger partial charge < -0.3 is 4.74 Å². The van der Waals surface area contributed by atoms with E-state index in [1.165, 1.54) is 0 Å². The Morgan fingerprint density at radius 2 is 1.73 bits per heavy atom. The topological polar surface area (TPSA) is 26.3 Å². The zero-order valence-electron chi connectivity index (χ0n) is 9.02. The van der Waals surface area contributed by atoms with Crippen molar-refractivity contribution in [1.29, 1.82) is 0 Å². The van der Waals surface area contributed by atoms with Crippen LogP contribution in [0.3, 0.4) is 0 Å². The summed E-state index contributed by atoms with van der Waals surface area (Å²) in [6.45, 7) is 0. The second kappa shape index (κ2) is 5.15. The minimum absolute atomic E-state index is 0.0136. The van der Waals surface area contributed by atoms with Crippen molar-refractivity contribution in [1.82, 2.24) is 0 Å². The van der Waals surface area contributed by atoms with Crippen LogP contribution in [0.4, 0.5) is 0 Å². The summed E-state index contributed by atoms with van der Waals surface area (Å²) < 4.78 is 5.51. The van der Waals surface area contributed by atoms with Gasteiger partial charge in [-0.2, -0.15) is 0 Å². The molecule has 0 heterocycles.